The van der Waals surface area contributed by atoms with Crippen LogP contribution in [0.4, 0.5) is 20.7 Å². The van der Waals surface area contributed by atoms with E-state index in [0.29, 0.717) is 24.8 Å². The second-order valence-electron chi connectivity index (χ2n) is 6.75. The first-order valence-corrected chi connectivity index (χ1v) is 8.79. The lowest BCUT2D eigenvalue weighted by Gasteiger charge is -2.37. The number of carbonyl (C=O) groups excluding carboxylic acids is 1. The molecule has 2 amide bonds. The van der Waals surface area contributed by atoms with Gasteiger partial charge < -0.3 is 15.1 Å². The maximum atomic E-state index is 13.4. The van der Waals surface area contributed by atoms with Gasteiger partial charge in [-0.2, -0.15) is 5.10 Å². The summed E-state index contributed by atoms with van der Waals surface area (Å²) in [5.41, 5.74) is 2.25. The summed E-state index contributed by atoms with van der Waals surface area (Å²) >= 11 is 0. The zero-order chi connectivity index (χ0) is 18.7. The zero-order valence-electron chi connectivity index (χ0n) is 15.4. The molecule has 7 heteroatoms. The van der Waals surface area contributed by atoms with Crippen molar-refractivity contribution in [1.82, 2.24) is 15.1 Å². The number of nitrogens with one attached hydrogen (secondary N) is 1. The van der Waals surface area contributed by atoms with Gasteiger partial charge in [-0.05, 0) is 56.5 Å². The first kappa shape index (κ1) is 18.1. The number of amides is 2. The molecule has 1 aromatic heterocycles. The molecule has 1 aliphatic heterocycles. The molecule has 0 spiro atoms. The van der Waals surface area contributed by atoms with Gasteiger partial charge in [0.05, 0.1) is 5.69 Å². The fraction of sp³-hybridized carbons (Fsp3) is 0.421. The van der Waals surface area contributed by atoms with Gasteiger partial charge in [-0.25, -0.2) is 9.18 Å². The highest BCUT2D eigenvalue weighted by molar-refractivity contribution is 5.90. The number of halogens is 1. The third kappa shape index (κ3) is 4.09. The molecule has 0 saturated carbocycles. The number of urea groups is 1. The normalized spacial score (nSPS) is 15.0. The largest absolute Gasteiger partial charge is 0.355 e. The Labute approximate surface area is 153 Å². The molecule has 0 atom stereocenters. The SMILES string of the molecule is Cc1ccc(N(C)C2CCN(C(=O)Nc3cc(F)ccc3C)CC2)nn1. The monoisotopic (exact) mass is 357 g/mol. The molecule has 2 aromatic rings. The van der Waals surface area contributed by atoms with E-state index in [-0.39, 0.29) is 11.8 Å². The predicted octanol–water partition coefficient (Wildman–Crippen LogP) is 3.37. The van der Waals surface area contributed by atoms with Crippen molar-refractivity contribution in [1.29, 1.82) is 0 Å². The molecule has 6 nitrogen and oxygen atoms in total. The summed E-state index contributed by atoms with van der Waals surface area (Å²) in [6.45, 7) is 5.05. The highest BCUT2D eigenvalue weighted by Gasteiger charge is 2.26. The van der Waals surface area contributed by atoms with E-state index in [9.17, 15) is 9.18 Å². The molecule has 2 heterocycles. The summed E-state index contributed by atoms with van der Waals surface area (Å²) < 4.78 is 13.4. The van der Waals surface area contributed by atoms with Gasteiger partial charge in [0, 0.05) is 31.9 Å². The van der Waals surface area contributed by atoms with Crippen LogP contribution >= 0.6 is 0 Å². The number of rotatable bonds is 3. The van der Waals surface area contributed by atoms with E-state index in [0.717, 1.165) is 29.9 Å². The van der Waals surface area contributed by atoms with E-state index in [1.807, 2.05) is 33.0 Å². The van der Waals surface area contributed by atoms with Crippen LogP contribution in [0.3, 0.4) is 0 Å². The number of anilines is 2. The Bertz CT molecular complexity index is 772. The first-order valence-electron chi connectivity index (χ1n) is 8.79. The molecule has 1 N–H and O–H groups in total. The molecule has 0 radical (unpaired) electrons. The van der Waals surface area contributed by atoms with Crippen LogP contribution < -0.4 is 10.2 Å². The fourth-order valence-corrected chi connectivity index (χ4v) is 3.15. The summed E-state index contributed by atoms with van der Waals surface area (Å²) in [4.78, 5) is 16.4. The fourth-order valence-electron chi connectivity index (χ4n) is 3.15. The van der Waals surface area contributed by atoms with Gasteiger partial charge in [0.25, 0.3) is 0 Å². The van der Waals surface area contributed by atoms with Crippen LogP contribution in [0.15, 0.2) is 30.3 Å². The average molecular weight is 357 g/mol. The number of piperidine rings is 1. The Kier molecular flexibility index (Phi) is 5.35. The molecule has 0 unspecified atom stereocenters. The number of likely N-dealkylation sites (tertiary alicyclic amines) is 1. The van der Waals surface area contributed by atoms with Crippen molar-refractivity contribution in [2.45, 2.75) is 32.7 Å². The Balaban J connectivity index is 1.56. The lowest BCUT2D eigenvalue weighted by Crippen LogP contribution is -2.47. The van der Waals surface area contributed by atoms with E-state index in [1.54, 1.807) is 11.0 Å². The van der Waals surface area contributed by atoms with Crippen LogP contribution in [0.2, 0.25) is 0 Å². The number of benzene rings is 1. The maximum absolute atomic E-state index is 13.4. The summed E-state index contributed by atoms with van der Waals surface area (Å²) in [7, 11) is 2.01. The quantitative estimate of drug-likeness (QED) is 0.915. The van der Waals surface area contributed by atoms with Crippen molar-refractivity contribution in [2.75, 3.05) is 30.4 Å². The number of hydrogen-bond donors (Lipinski definition) is 1. The van der Waals surface area contributed by atoms with Gasteiger partial charge in [-0.3, -0.25) is 0 Å². The lowest BCUT2D eigenvalue weighted by molar-refractivity contribution is 0.194. The standard InChI is InChI=1S/C19H24FN5O/c1-13-4-6-15(20)12-17(13)21-19(26)25-10-8-16(9-11-25)24(3)18-7-5-14(2)22-23-18/h4-7,12,16H,8-11H2,1-3H3,(H,21,26). The van der Waals surface area contributed by atoms with Crippen molar-refractivity contribution in [3.05, 3.63) is 47.4 Å². The second-order valence-corrected chi connectivity index (χ2v) is 6.75. The Hall–Kier alpha value is -2.70. The van der Waals surface area contributed by atoms with Crippen LogP contribution in [0, 0.1) is 19.7 Å². The molecule has 0 bridgehead atoms. The van der Waals surface area contributed by atoms with E-state index in [2.05, 4.69) is 20.4 Å². The minimum Gasteiger partial charge on any atom is -0.355 e. The molecular formula is C19H24FN5O. The van der Waals surface area contributed by atoms with Crippen molar-refractivity contribution < 1.29 is 9.18 Å². The van der Waals surface area contributed by atoms with Gasteiger partial charge in [-0.1, -0.05) is 6.07 Å². The molecule has 1 aliphatic rings. The lowest BCUT2D eigenvalue weighted by atomic mass is 10.0. The van der Waals surface area contributed by atoms with Crippen molar-refractivity contribution in [3.63, 3.8) is 0 Å². The summed E-state index contributed by atoms with van der Waals surface area (Å²) in [6, 6.07) is 8.44. The molecule has 26 heavy (non-hydrogen) atoms. The van der Waals surface area contributed by atoms with Crippen LogP contribution in [-0.4, -0.2) is 47.3 Å². The molecule has 1 saturated heterocycles. The van der Waals surface area contributed by atoms with E-state index >= 15 is 0 Å². The first-order chi connectivity index (χ1) is 12.4. The molecular weight excluding hydrogens is 333 g/mol. The summed E-state index contributed by atoms with van der Waals surface area (Å²) in [5.74, 6) is 0.485. The van der Waals surface area contributed by atoms with Gasteiger partial charge in [-0.15, -0.1) is 5.10 Å². The molecule has 1 fully saturated rings. The highest BCUT2D eigenvalue weighted by Crippen LogP contribution is 2.22. The van der Waals surface area contributed by atoms with Gasteiger partial charge in [0.15, 0.2) is 5.82 Å². The number of aromatic nitrogens is 2. The van der Waals surface area contributed by atoms with Crippen LogP contribution in [-0.2, 0) is 0 Å². The molecule has 0 aliphatic carbocycles. The number of nitrogens with zero attached hydrogens (tertiary/aromatic N) is 4. The Morgan fingerprint density at radius 3 is 2.58 bits per heavy atom. The van der Waals surface area contributed by atoms with Crippen molar-refractivity contribution in [2.24, 2.45) is 0 Å². The minimum absolute atomic E-state index is 0.185. The van der Waals surface area contributed by atoms with Gasteiger partial charge in [0.2, 0.25) is 0 Å². The maximum Gasteiger partial charge on any atom is 0.321 e. The minimum atomic E-state index is -0.356. The predicted molar refractivity (Wildman–Crippen MR) is 99.9 cm³/mol. The van der Waals surface area contributed by atoms with E-state index < -0.39 is 0 Å². The van der Waals surface area contributed by atoms with Gasteiger partial charge in [0.1, 0.15) is 5.82 Å². The topological polar surface area (TPSA) is 61.4 Å². The summed E-state index contributed by atoms with van der Waals surface area (Å²) in [5, 5.41) is 11.1. The molecule has 3 rings (SSSR count). The number of aryl methyl sites for hydroxylation is 2. The molecule has 138 valence electrons. The zero-order valence-corrected chi connectivity index (χ0v) is 15.4. The summed E-state index contributed by atoms with van der Waals surface area (Å²) in [6.07, 6.45) is 1.70. The Morgan fingerprint density at radius 2 is 1.92 bits per heavy atom. The van der Waals surface area contributed by atoms with Crippen molar-refractivity contribution in [3.8, 4) is 0 Å². The molecule has 1 aromatic carbocycles. The number of hydrogen-bond acceptors (Lipinski definition) is 4. The third-order valence-electron chi connectivity index (χ3n) is 4.89. The third-order valence-corrected chi connectivity index (χ3v) is 4.89. The van der Waals surface area contributed by atoms with E-state index in [4.69, 9.17) is 0 Å². The van der Waals surface area contributed by atoms with Crippen molar-refractivity contribution >= 4 is 17.5 Å². The Morgan fingerprint density at radius 1 is 1.19 bits per heavy atom. The number of carbonyl (C=O) groups is 1. The highest BCUT2D eigenvalue weighted by atomic mass is 19.1. The van der Waals surface area contributed by atoms with Gasteiger partial charge >= 0.3 is 6.03 Å². The van der Waals surface area contributed by atoms with Crippen LogP contribution in [0.1, 0.15) is 24.1 Å². The van der Waals surface area contributed by atoms with E-state index in [1.165, 1.54) is 12.1 Å². The van der Waals surface area contributed by atoms with Crippen LogP contribution in [0.5, 0.6) is 0 Å². The second kappa shape index (κ2) is 7.68. The smallest absolute Gasteiger partial charge is 0.321 e. The average Bonchev–Trinajstić information content (AvgIpc) is 2.65. The van der Waals surface area contributed by atoms with Crippen LogP contribution in [0.25, 0.3) is 0 Å².